The fourth-order valence-corrected chi connectivity index (χ4v) is 2.45. The second kappa shape index (κ2) is 3.96. The van der Waals surface area contributed by atoms with Crippen LogP contribution >= 0.6 is 0 Å². The summed E-state index contributed by atoms with van der Waals surface area (Å²) in [6, 6.07) is 4.48. The van der Waals surface area contributed by atoms with E-state index in [1.165, 1.54) is 11.4 Å². The molecule has 1 aromatic rings. The molecule has 3 heteroatoms. The smallest absolute Gasteiger partial charge is 0.225 e. The van der Waals surface area contributed by atoms with Crippen LogP contribution in [0.25, 0.3) is 0 Å². The Bertz CT molecular complexity index is 406. The van der Waals surface area contributed by atoms with E-state index in [0.717, 1.165) is 13.1 Å². The molecule has 1 unspecified atom stereocenters. The van der Waals surface area contributed by atoms with Crippen LogP contribution in [0.4, 0.5) is 0 Å². The molecule has 0 bridgehead atoms. The Morgan fingerprint density at radius 3 is 2.69 bits per heavy atom. The number of aromatic nitrogens is 1. The predicted octanol–water partition coefficient (Wildman–Crippen LogP) is 2.36. The molecule has 0 saturated heterocycles. The van der Waals surface area contributed by atoms with E-state index in [1.54, 1.807) is 0 Å². The zero-order valence-electron chi connectivity index (χ0n) is 10.5. The Kier molecular flexibility index (Phi) is 2.78. The predicted molar refractivity (Wildman–Crippen MR) is 64.1 cm³/mol. The third-order valence-corrected chi connectivity index (χ3v) is 3.47. The van der Waals surface area contributed by atoms with Gasteiger partial charge in [0.05, 0.1) is 6.04 Å². The van der Waals surface area contributed by atoms with Crippen molar-refractivity contribution in [2.24, 2.45) is 5.92 Å². The summed E-state index contributed by atoms with van der Waals surface area (Å²) < 4.78 is 2.31. The first-order valence-corrected chi connectivity index (χ1v) is 5.99. The van der Waals surface area contributed by atoms with Crippen LogP contribution < -0.4 is 0 Å². The normalized spacial score (nSPS) is 20.1. The molecule has 0 aliphatic carbocycles. The molecular formula is C13H20N2O. The zero-order valence-corrected chi connectivity index (χ0v) is 10.5. The number of aryl methyl sites for hydroxylation is 1. The second-order valence-electron chi connectivity index (χ2n) is 4.91. The Balaban J connectivity index is 2.28. The minimum atomic E-state index is 0.0880. The van der Waals surface area contributed by atoms with Crippen molar-refractivity contribution >= 4 is 5.91 Å². The molecule has 1 aliphatic heterocycles. The Hall–Kier alpha value is -1.25. The van der Waals surface area contributed by atoms with Crippen molar-refractivity contribution in [2.75, 3.05) is 6.54 Å². The Morgan fingerprint density at radius 2 is 2.06 bits per heavy atom. The first-order valence-electron chi connectivity index (χ1n) is 5.99. The Morgan fingerprint density at radius 1 is 1.38 bits per heavy atom. The molecule has 1 aromatic heterocycles. The summed E-state index contributed by atoms with van der Waals surface area (Å²) in [6.07, 6.45) is 0. The van der Waals surface area contributed by atoms with Crippen LogP contribution in [0.1, 0.15) is 38.2 Å². The van der Waals surface area contributed by atoms with Gasteiger partial charge in [0.1, 0.15) is 0 Å². The molecule has 16 heavy (non-hydrogen) atoms. The summed E-state index contributed by atoms with van der Waals surface area (Å²) in [6.45, 7) is 9.93. The van der Waals surface area contributed by atoms with Crippen molar-refractivity contribution in [1.29, 1.82) is 0 Å². The summed E-state index contributed by atoms with van der Waals surface area (Å²) >= 11 is 0. The molecule has 2 rings (SSSR count). The largest absolute Gasteiger partial charge is 0.345 e. The molecule has 1 atom stereocenters. The topological polar surface area (TPSA) is 25.2 Å². The van der Waals surface area contributed by atoms with Crippen LogP contribution in [-0.2, 0) is 11.3 Å². The number of rotatable bonds is 1. The molecule has 0 fully saturated rings. The molecule has 0 saturated carbocycles. The molecule has 0 radical (unpaired) electrons. The maximum atomic E-state index is 12.0. The molecule has 3 nitrogen and oxygen atoms in total. The molecule has 0 aromatic carbocycles. The van der Waals surface area contributed by atoms with Gasteiger partial charge < -0.3 is 9.47 Å². The SMILES string of the molecule is Cc1ccc2n1CCN(C(=O)C(C)C)C2C. The standard InChI is InChI=1S/C13H20N2O/c1-9(2)13(16)15-8-7-14-10(3)5-6-12(14)11(15)4/h5-6,9,11H,7-8H2,1-4H3. The highest BCUT2D eigenvalue weighted by molar-refractivity contribution is 5.78. The van der Waals surface area contributed by atoms with Crippen molar-refractivity contribution in [3.05, 3.63) is 23.5 Å². The van der Waals surface area contributed by atoms with E-state index in [2.05, 4.69) is 30.5 Å². The van der Waals surface area contributed by atoms with E-state index in [-0.39, 0.29) is 17.9 Å². The van der Waals surface area contributed by atoms with Crippen molar-refractivity contribution < 1.29 is 4.79 Å². The molecule has 88 valence electrons. The lowest BCUT2D eigenvalue weighted by Crippen LogP contribution is -2.42. The molecular weight excluding hydrogens is 200 g/mol. The van der Waals surface area contributed by atoms with E-state index in [9.17, 15) is 4.79 Å². The van der Waals surface area contributed by atoms with Gasteiger partial charge in [-0.3, -0.25) is 4.79 Å². The van der Waals surface area contributed by atoms with Gasteiger partial charge >= 0.3 is 0 Å². The summed E-state index contributed by atoms with van der Waals surface area (Å²) in [5, 5.41) is 0. The van der Waals surface area contributed by atoms with Gasteiger partial charge in [0, 0.05) is 30.4 Å². The van der Waals surface area contributed by atoms with Gasteiger partial charge in [-0.15, -0.1) is 0 Å². The highest BCUT2D eigenvalue weighted by atomic mass is 16.2. The highest BCUT2D eigenvalue weighted by Crippen LogP contribution is 2.28. The maximum absolute atomic E-state index is 12.0. The summed E-state index contributed by atoms with van der Waals surface area (Å²) in [7, 11) is 0. The first kappa shape index (κ1) is 11.2. The van der Waals surface area contributed by atoms with Crippen LogP contribution in [0.3, 0.4) is 0 Å². The lowest BCUT2D eigenvalue weighted by atomic mass is 10.1. The lowest BCUT2D eigenvalue weighted by molar-refractivity contribution is -0.137. The van der Waals surface area contributed by atoms with E-state index >= 15 is 0 Å². The van der Waals surface area contributed by atoms with E-state index in [1.807, 2.05) is 18.7 Å². The van der Waals surface area contributed by atoms with Crippen LogP contribution in [0, 0.1) is 12.8 Å². The van der Waals surface area contributed by atoms with Crippen molar-refractivity contribution in [3.63, 3.8) is 0 Å². The lowest BCUT2D eigenvalue weighted by Gasteiger charge is -2.36. The maximum Gasteiger partial charge on any atom is 0.225 e. The van der Waals surface area contributed by atoms with Gasteiger partial charge in [0.2, 0.25) is 5.91 Å². The molecule has 1 aliphatic rings. The fraction of sp³-hybridized carbons (Fsp3) is 0.615. The van der Waals surface area contributed by atoms with Gasteiger partial charge in [0.25, 0.3) is 0 Å². The van der Waals surface area contributed by atoms with E-state index < -0.39 is 0 Å². The van der Waals surface area contributed by atoms with Gasteiger partial charge in [-0.1, -0.05) is 13.8 Å². The van der Waals surface area contributed by atoms with Crippen LogP contribution in [-0.4, -0.2) is 21.9 Å². The second-order valence-corrected chi connectivity index (χ2v) is 4.91. The molecule has 0 N–H and O–H groups in total. The van der Waals surface area contributed by atoms with Crippen LogP contribution in [0.5, 0.6) is 0 Å². The summed E-state index contributed by atoms with van der Waals surface area (Å²) in [4.78, 5) is 14.0. The number of carbonyl (C=O) groups excluding carboxylic acids is 1. The van der Waals surface area contributed by atoms with Gasteiger partial charge in [-0.2, -0.15) is 0 Å². The third kappa shape index (κ3) is 1.64. The van der Waals surface area contributed by atoms with Crippen molar-refractivity contribution in [2.45, 2.75) is 40.3 Å². The minimum Gasteiger partial charge on any atom is -0.345 e. The van der Waals surface area contributed by atoms with Crippen LogP contribution in [0.2, 0.25) is 0 Å². The quantitative estimate of drug-likeness (QED) is 0.713. The third-order valence-electron chi connectivity index (χ3n) is 3.47. The van der Waals surface area contributed by atoms with Gasteiger partial charge in [0.15, 0.2) is 0 Å². The van der Waals surface area contributed by atoms with Crippen LogP contribution in [0.15, 0.2) is 12.1 Å². The number of fused-ring (bicyclic) bond motifs is 1. The molecule has 2 heterocycles. The average Bonchev–Trinajstić information content (AvgIpc) is 2.61. The molecule has 0 spiro atoms. The zero-order chi connectivity index (χ0) is 11.9. The number of hydrogen-bond donors (Lipinski definition) is 0. The van der Waals surface area contributed by atoms with Crippen molar-refractivity contribution in [3.8, 4) is 0 Å². The fourth-order valence-electron chi connectivity index (χ4n) is 2.45. The van der Waals surface area contributed by atoms with E-state index in [4.69, 9.17) is 0 Å². The number of amides is 1. The van der Waals surface area contributed by atoms with Crippen molar-refractivity contribution in [1.82, 2.24) is 9.47 Å². The first-order chi connectivity index (χ1) is 7.52. The highest BCUT2D eigenvalue weighted by Gasteiger charge is 2.29. The number of nitrogens with zero attached hydrogens (tertiary/aromatic N) is 2. The summed E-state index contributed by atoms with van der Waals surface area (Å²) in [5.74, 6) is 0.350. The van der Waals surface area contributed by atoms with Gasteiger partial charge in [-0.05, 0) is 26.0 Å². The summed E-state index contributed by atoms with van der Waals surface area (Å²) in [5.41, 5.74) is 2.55. The average molecular weight is 220 g/mol. The Labute approximate surface area is 97.1 Å². The monoisotopic (exact) mass is 220 g/mol. The van der Waals surface area contributed by atoms with E-state index in [0.29, 0.717) is 0 Å². The number of hydrogen-bond acceptors (Lipinski definition) is 1. The number of carbonyl (C=O) groups is 1. The minimum absolute atomic E-state index is 0.0880. The molecule has 1 amide bonds. The van der Waals surface area contributed by atoms with Gasteiger partial charge in [-0.25, -0.2) is 0 Å².